The van der Waals surface area contributed by atoms with E-state index in [1.807, 2.05) is 0 Å². The Kier molecular flexibility index (Phi) is 5.10. The van der Waals surface area contributed by atoms with Crippen LogP contribution in [0.25, 0.3) is 0 Å². The maximum absolute atomic E-state index is 11.9. The van der Waals surface area contributed by atoms with Crippen LogP contribution in [-0.4, -0.2) is 42.0 Å². The number of hydrogen-bond acceptors (Lipinski definition) is 4. The quantitative estimate of drug-likeness (QED) is 0.769. The average Bonchev–Trinajstić information content (AvgIpc) is 2.36. The van der Waals surface area contributed by atoms with Crippen LogP contribution in [-0.2, 0) is 9.53 Å². The van der Waals surface area contributed by atoms with Crippen LogP contribution >= 0.6 is 0 Å². The first-order valence-corrected chi connectivity index (χ1v) is 5.64. The van der Waals surface area contributed by atoms with E-state index in [-0.39, 0.29) is 30.4 Å². The number of H-pyrrole nitrogens is 1. The Labute approximate surface area is 105 Å². The van der Waals surface area contributed by atoms with Crippen molar-refractivity contribution in [3.8, 4) is 0 Å². The average molecular weight is 252 g/mol. The number of amides is 1. The van der Waals surface area contributed by atoms with Crippen LogP contribution in [0.3, 0.4) is 0 Å². The highest BCUT2D eigenvalue weighted by Gasteiger charge is 2.13. The molecule has 0 aliphatic rings. The van der Waals surface area contributed by atoms with E-state index in [2.05, 4.69) is 4.98 Å². The molecule has 0 aliphatic carbocycles. The molecule has 98 valence electrons. The molecule has 0 aliphatic heterocycles. The van der Waals surface area contributed by atoms with Crippen molar-refractivity contribution in [2.75, 3.05) is 20.2 Å². The lowest BCUT2D eigenvalue weighted by molar-refractivity contribution is -0.143. The molecule has 0 fully saturated rings. The van der Waals surface area contributed by atoms with E-state index >= 15 is 0 Å². The maximum Gasteiger partial charge on any atom is 0.307 e. The van der Waals surface area contributed by atoms with E-state index in [0.29, 0.717) is 12.2 Å². The second-order valence-corrected chi connectivity index (χ2v) is 3.72. The minimum absolute atomic E-state index is 0.152. The molecule has 1 N–H and O–H groups in total. The van der Waals surface area contributed by atoms with Gasteiger partial charge in [0.1, 0.15) is 0 Å². The van der Waals surface area contributed by atoms with Gasteiger partial charge in [0.15, 0.2) is 0 Å². The number of aromatic amines is 1. The number of aromatic nitrogens is 1. The van der Waals surface area contributed by atoms with Gasteiger partial charge in [-0.1, -0.05) is 0 Å². The van der Waals surface area contributed by atoms with Crippen molar-refractivity contribution in [2.45, 2.75) is 13.3 Å². The van der Waals surface area contributed by atoms with E-state index < -0.39 is 0 Å². The van der Waals surface area contributed by atoms with Crippen molar-refractivity contribution >= 4 is 11.9 Å². The number of nitrogens with one attached hydrogen (secondary N) is 1. The summed E-state index contributed by atoms with van der Waals surface area (Å²) in [6.07, 6.45) is 1.50. The zero-order valence-electron chi connectivity index (χ0n) is 10.4. The normalized spacial score (nSPS) is 9.89. The fourth-order valence-electron chi connectivity index (χ4n) is 1.36. The van der Waals surface area contributed by atoms with Gasteiger partial charge in [0.2, 0.25) is 5.56 Å². The minimum atomic E-state index is -0.335. The third kappa shape index (κ3) is 4.04. The van der Waals surface area contributed by atoms with Gasteiger partial charge in [-0.2, -0.15) is 0 Å². The molecule has 1 aromatic heterocycles. The zero-order chi connectivity index (χ0) is 13.5. The number of nitrogens with zero attached hydrogens (tertiary/aromatic N) is 1. The van der Waals surface area contributed by atoms with Gasteiger partial charge >= 0.3 is 5.97 Å². The number of hydrogen-bond donors (Lipinski definition) is 1. The molecular formula is C12H16N2O4. The second-order valence-electron chi connectivity index (χ2n) is 3.72. The van der Waals surface area contributed by atoms with Gasteiger partial charge in [-0.05, 0) is 13.0 Å². The molecule has 0 aromatic carbocycles. The summed E-state index contributed by atoms with van der Waals surface area (Å²) in [6.45, 7) is 2.33. The molecule has 0 atom stereocenters. The second kappa shape index (κ2) is 6.58. The zero-order valence-corrected chi connectivity index (χ0v) is 10.4. The molecule has 0 radical (unpaired) electrons. The molecular weight excluding hydrogens is 236 g/mol. The van der Waals surface area contributed by atoms with E-state index in [9.17, 15) is 14.4 Å². The van der Waals surface area contributed by atoms with Gasteiger partial charge in [-0.25, -0.2) is 0 Å². The van der Waals surface area contributed by atoms with Crippen molar-refractivity contribution in [1.82, 2.24) is 9.88 Å². The van der Waals surface area contributed by atoms with Crippen molar-refractivity contribution < 1.29 is 14.3 Å². The van der Waals surface area contributed by atoms with Gasteiger partial charge < -0.3 is 14.6 Å². The van der Waals surface area contributed by atoms with Gasteiger partial charge in [-0.3, -0.25) is 14.4 Å². The molecule has 6 nitrogen and oxygen atoms in total. The first-order valence-electron chi connectivity index (χ1n) is 5.64. The Hall–Kier alpha value is -2.11. The van der Waals surface area contributed by atoms with Crippen molar-refractivity contribution in [1.29, 1.82) is 0 Å². The minimum Gasteiger partial charge on any atom is -0.466 e. The first kappa shape index (κ1) is 14.0. The predicted octanol–water partition coefficient (Wildman–Crippen LogP) is 0.400. The van der Waals surface area contributed by atoms with Crippen LogP contribution in [0.15, 0.2) is 23.1 Å². The van der Waals surface area contributed by atoms with Gasteiger partial charge in [-0.15, -0.1) is 0 Å². The topological polar surface area (TPSA) is 79.5 Å². The molecule has 0 unspecified atom stereocenters. The molecule has 1 aromatic rings. The molecule has 6 heteroatoms. The van der Waals surface area contributed by atoms with E-state index in [4.69, 9.17) is 4.74 Å². The molecule has 0 saturated carbocycles. The SMILES string of the molecule is CCOC(=O)CCN(C)C(=O)c1ccc(=O)[nH]c1. The summed E-state index contributed by atoms with van der Waals surface area (Å²) in [6, 6.07) is 2.73. The van der Waals surface area contributed by atoms with Crippen LogP contribution in [0, 0.1) is 0 Å². The third-order valence-corrected chi connectivity index (χ3v) is 2.33. The number of esters is 1. The summed E-state index contributed by atoms with van der Waals surface area (Å²) < 4.78 is 4.77. The Bertz CT molecular complexity index is 461. The summed E-state index contributed by atoms with van der Waals surface area (Å²) in [5, 5.41) is 0. The van der Waals surface area contributed by atoms with E-state index in [1.165, 1.54) is 23.2 Å². The first-order chi connectivity index (χ1) is 8.54. The molecule has 0 saturated heterocycles. The van der Waals surface area contributed by atoms with Crippen LogP contribution in [0.4, 0.5) is 0 Å². The van der Waals surface area contributed by atoms with Gasteiger partial charge in [0.25, 0.3) is 5.91 Å². The van der Waals surface area contributed by atoms with Crippen LogP contribution < -0.4 is 5.56 Å². The highest BCUT2D eigenvalue weighted by Crippen LogP contribution is 2.01. The van der Waals surface area contributed by atoms with Crippen LogP contribution in [0.5, 0.6) is 0 Å². The standard InChI is InChI=1S/C12H16N2O4/c1-3-18-11(16)6-7-14(2)12(17)9-4-5-10(15)13-8-9/h4-5,8H,3,6-7H2,1-2H3,(H,13,15). The highest BCUT2D eigenvalue weighted by atomic mass is 16.5. The predicted molar refractivity (Wildman–Crippen MR) is 65.3 cm³/mol. The third-order valence-electron chi connectivity index (χ3n) is 2.33. The fraction of sp³-hybridized carbons (Fsp3) is 0.417. The lowest BCUT2D eigenvalue weighted by Crippen LogP contribution is -2.29. The van der Waals surface area contributed by atoms with Gasteiger partial charge in [0.05, 0.1) is 18.6 Å². The van der Waals surface area contributed by atoms with Crippen molar-refractivity contribution in [3.63, 3.8) is 0 Å². The summed E-state index contributed by atoms with van der Waals surface area (Å²) in [7, 11) is 1.59. The van der Waals surface area contributed by atoms with E-state index in [0.717, 1.165) is 0 Å². The maximum atomic E-state index is 11.9. The molecule has 1 amide bonds. The summed E-state index contributed by atoms with van der Waals surface area (Å²) in [4.78, 5) is 37.7. The monoisotopic (exact) mass is 252 g/mol. The Balaban J connectivity index is 2.53. The highest BCUT2D eigenvalue weighted by molar-refractivity contribution is 5.93. The molecule has 1 rings (SSSR count). The van der Waals surface area contributed by atoms with Crippen LogP contribution in [0.1, 0.15) is 23.7 Å². The Morgan fingerprint density at radius 2 is 2.11 bits per heavy atom. The van der Waals surface area contributed by atoms with Crippen molar-refractivity contribution in [3.05, 3.63) is 34.2 Å². The van der Waals surface area contributed by atoms with Gasteiger partial charge in [0, 0.05) is 25.9 Å². The Morgan fingerprint density at radius 3 is 2.67 bits per heavy atom. The molecule has 18 heavy (non-hydrogen) atoms. The smallest absolute Gasteiger partial charge is 0.307 e. The lowest BCUT2D eigenvalue weighted by atomic mass is 10.2. The number of pyridine rings is 1. The number of carbonyl (C=O) groups excluding carboxylic acids is 2. The fourth-order valence-corrected chi connectivity index (χ4v) is 1.36. The molecule has 0 bridgehead atoms. The number of rotatable bonds is 5. The van der Waals surface area contributed by atoms with E-state index in [1.54, 1.807) is 14.0 Å². The van der Waals surface area contributed by atoms with Crippen molar-refractivity contribution in [2.24, 2.45) is 0 Å². The van der Waals surface area contributed by atoms with Crippen LogP contribution in [0.2, 0.25) is 0 Å². The number of ether oxygens (including phenoxy) is 1. The summed E-state index contributed by atoms with van der Waals surface area (Å²) >= 11 is 0. The number of carbonyl (C=O) groups is 2. The largest absolute Gasteiger partial charge is 0.466 e. The lowest BCUT2D eigenvalue weighted by Gasteiger charge is -2.16. The molecule has 0 spiro atoms. The Morgan fingerprint density at radius 1 is 1.39 bits per heavy atom. The summed E-state index contributed by atoms with van der Waals surface area (Å²) in [5.41, 5.74) is 0.113. The molecule has 1 heterocycles. The summed E-state index contributed by atoms with van der Waals surface area (Å²) in [5.74, 6) is -0.589.